The van der Waals surface area contributed by atoms with Crippen molar-refractivity contribution in [2.45, 2.75) is 39.4 Å². The average molecular weight is 283 g/mol. The number of benzene rings is 1. The van der Waals surface area contributed by atoms with Gasteiger partial charge in [-0.25, -0.2) is 4.98 Å². The second-order valence-corrected chi connectivity index (χ2v) is 6.43. The molecule has 0 aliphatic carbocycles. The Labute approximate surface area is 128 Å². The summed E-state index contributed by atoms with van der Waals surface area (Å²) in [5.74, 6) is 1.01. The van der Waals surface area contributed by atoms with Crippen molar-refractivity contribution >= 4 is 5.82 Å². The highest BCUT2D eigenvalue weighted by molar-refractivity contribution is 5.39. The Hall–Kier alpha value is -1.87. The Bertz CT molecular complexity index is 558. The van der Waals surface area contributed by atoms with Crippen LogP contribution in [0.1, 0.15) is 32.0 Å². The molecule has 1 heterocycles. The van der Waals surface area contributed by atoms with Crippen molar-refractivity contribution in [2.75, 3.05) is 11.9 Å². The highest BCUT2D eigenvalue weighted by Crippen LogP contribution is 2.14. The molecule has 0 saturated heterocycles. The second-order valence-electron chi connectivity index (χ2n) is 6.43. The fourth-order valence-electron chi connectivity index (χ4n) is 2.07. The molecule has 0 aliphatic heterocycles. The van der Waals surface area contributed by atoms with Gasteiger partial charge in [0.1, 0.15) is 5.82 Å². The van der Waals surface area contributed by atoms with E-state index in [4.69, 9.17) is 4.98 Å². The van der Waals surface area contributed by atoms with Gasteiger partial charge in [-0.3, -0.25) is 0 Å². The lowest BCUT2D eigenvalue weighted by Gasteiger charge is -2.22. The largest absolute Gasteiger partial charge is 0.355 e. The summed E-state index contributed by atoms with van der Waals surface area (Å²) in [6.07, 6.45) is 0. The van der Waals surface area contributed by atoms with Crippen LogP contribution in [0.15, 0.2) is 48.5 Å². The van der Waals surface area contributed by atoms with Gasteiger partial charge in [-0.15, -0.1) is 0 Å². The maximum Gasteiger partial charge on any atom is 0.128 e. The summed E-state index contributed by atoms with van der Waals surface area (Å²) in [6.45, 7) is 8.15. The number of nitrogens with one attached hydrogen (secondary N) is 1. The zero-order valence-electron chi connectivity index (χ0n) is 13.4. The molecule has 1 N–H and O–H groups in total. The molecule has 1 aromatic heterocycles. The summed E-state index contributed by atoms with van der Waals surface area (Å²) in [5, 5.41) is 3.47. The van der Waals surface area contributed by atoms with E-state index in [9.17, 15) is 0 Å². The third kappa shape index (κ3) is 5.20. The molecule has 0 unspecified atom stereocenters. The second kappa shape index (κ2) is 6.72. The lowest BCUT2D eigenvalue weighted by atomic mass is 10.1. The fraction of sp³-hybridized carbons (Fsp3) is 0.389. The molecule has 3 heteroatoms. The van der Waals surface area contributed by atoms with Crippen molar-refractivity contribution in [1.82, 2.24) is 10.3 Å². The maximum atomic E-state index is 4.74. The minimum atomic E-state index is 0.105. The molecule has 0 saturated carbocycles. The molecule has 0 radical (unpaired) electrons. The van der Waals surface area contributed by atoms with Crippen LogP contribution < -0.4 is 10.2 Å². The monoisotopic (exact) mass is 283 g/mol. The van der Waals surface area contributed by atoms with E-state index in [1.54, 1.807) is 0 Å². The number of aromatic nitrogens is 1. The van der Waals surface area contributed by atoms with Crippen LogP contribution in [0.5, 0.6) is 0 Å². The van der Waals surface area contributed by atoms with Gasteiger partial charge in [0.25, 0.3) is 0 Å². The smallest absolute Gasteiger partial charge is 0.128 e. The Morgan fingerprint density at radius 2 is 1.71 bits per heavy atom. The van der Waals surface area contributed by atoms with Crippen molar-refractivity contribution < 1.29 is 0 Å². The first-order chi connectivity index (χ1) is 9.94. The van der Waals surface area contributed by atoms with Gasteiger partial charge in [-0.1, -0.05) is 36.4 Å². The molecular weight excluding hydrogens is 258 g/mol. The molecule has 0 spiro atoms. The molecule has 0 fully saturated rings. The number of rotatable bonds is 5. The van der Waals surface area contributed by atoms with Gasteiger partial charge >= 0.3 is 0 Å². The molecule has 2 aromatic rings. The summed E-state index contributed by atoms with van der Waals surface area (Å²) >= 11 is 0. The van der Waals surface area contributed by atoms with E-state index >= 15 is 0 Å². The van der Waals surface area contributed by atoms with Crippen molar-refractivity contribution in [3.8, 4) is 0 Å². The average Bonchev–Trinajstić information content (AvgIpc) is 2.46. The first-order valence-corrected chi connectivity index (χ1v) is 7.40. The third-order valence-electron chi connectivity index (χ3n) is 3.25. The van der Waals surface area contributed by atoms with Crippen LogP contribution in [0.25, 0.3) is 0 Å². The molecular formula is C18H25N3. The standard InChI is InChI=1S/C18H25N3/c1-18(2,3)19-13-16-11-8-12-17(20-16)21(4)14-15-9-6-5-7-10-15/h5-12,19H,13-14H2,1-4H3. The lowest BCUT2D eigenvalue weighted by Crippen LogP contribution is -2.35. The Morgan fingerprint density at radius 1 is 1.00 bits per heavy atom. The minimum absolute atomic E-state index is 0.105. The van der Waals surface area contributed by atoms with Gasteiger partial charge in [0, 0.05) is 25.7 Å². The van der Waals surface area contributed by atoms with Crippen molar-refractivity contribution in [2.24, 2.45) is 0 Å². The zero-order chi connectivity index (χ0) is 15.3. The SMILES string of the molecule is CN(Cc1ccccc1)c1cccc(CNC(C)(C)C)n1. The Morgan fingerprint density at radius 3 is 2.38 bits per heavy atom. The minimum Gasteiger partial charge on any atom is -0.355 e. The number of hydrogen-bond acceptors (Lipinski definition) is 3. The van der Waals surface area contributed by atoms with Crippen LogP contribution in [0.2, 0.25) is 0 Å². The summed E-state index contributed by atoms with van der Waals surface area (Å²) in [7, 11) is 2.08. The van der Waals surface area contributed by atoms with E-state index in [1.165, 1.54) is 5.56 Å². The molecule has 112 valence electrons. The number of nitrogens with zero attached hydrogens (tertiary/aromatic N) is 2. The number of anilines is 1. The molecule has 21 heavy (non-hydrogen) atoms. The molecule has 3 nitrogen and oxygen atoms in total. The van der Waals surface area contributed by atoms with Crippen molar-refractivity contribution in [1.29, 1.82) is 0 Å². The molecule has 2 rings (SSSR count). The van der Waals surface area contributed by atoms with E-state index < -0.39 is 0 Å². The normalized spacial score (nSPS) is 11.4. The van der Waals surface area contributed by atoms with E-state index in [-0.39, 0.29) is 5.54 Å². The number of hydrogen-bond donors (Lipinski definition) is 1. The first-order valence-electron chi connectivity index (χ1n) is 7.40. The van der Waals surface area contributed by atoms with E-state index in [2.05, 4.69) is 80.5 Å². The van der Waals surface area contributed by atoms with Crippen LogP contribution in [0.4, 0.5) is 5.82 Å². The first kappa shape index (κ1) is 15.5. The molecule has 0 aliphatic rings. The van der Waals surface area contributed by atoms with Crippen LogP contribution in [0, 0.1) is 0 Å². The van der Waals surface area contributed by atoms with E-state index in [0.29, 0.717) is 0 Å². The third-order valence-corrected chi connectivity index (χ3v) is 3.25. The zero-order valence-corrected chi connectivity index (χ0v) is 13.4. The number of pyridine rings is 1. The van der Waals surface area contributed by atoms with Gasteiger partial charge in [0.2, 0.25) is 0 Å². The molecule has 0 amide bonds. The Balaban J connectivity index is 2.03. The van der Waals surface area contributed by atoms with Gasteiger partial charge in [-0.2, -0.15) is 0 Å². The molecule has 0 bridgehead atoms. The van der Waals surface area contributed by atoms with Gasteiger partial charge in [0.15, 0.2) is 0 Å². The van der Waals surface area contributed by atoms with Gasteiger partial charge in [0.05, 0.1) is 5.69 Å². The molecule has 0 atom stereocenters. The predicted octanol–water partition coefficient (Wildman–Crippen LogP) is 3.61. The quantitative estimate of drug-likeness (QED) is 0.908. The van der Waals surface area contributed by atoms with Crippen LogP contribution >= 0.6 is 0 Å². The van der Waals surface area contributed by atoms with Crippen LogP contribution in [-0.2, 0) is 13.1 Å². The van der Waals surface area contributed by atoms with E-state index in [0.717, 1.165) is 24.6 Å². The van der Waals surface area contributed by atoms with Crippen molar-refractivity contribution in [3.05, 3.63) is 59.8 Å². The van der Waals surface area contributed by atoms with Crippen LogP contribution in [0.3, 0.4) is 0 Å². The topological polar surface area (TPSA) is 28.2 Å². The van der Waals surface area contributed by atoms with E-state index in [1.807, 2.05) is 6.07 Å². The highest BCUT2D eigenvalue weighted by atomic mass is 15.2. The van der Waals surface area contributed by atoms with Crippen LogP contribution in [-0.4, -0.2) is 17.6 Å². The van der Waals surface area contributed by atoms with Crippen molar-refractivity contribution in [3.63, 3.8) is 0 Å². The highest BCUT2D eigenvalue weighted by Gasteiger charge is 2.10. The molecule has 1 aromatic carbocycles. The van der Waals surface area contributed by atoms with Gasteiger partial charge in [-0.05, 0) is 38.5 Å². The Kier molecular flexibility index (Phi) is 4.97. The summed E-state index contributed by atoms with van der Waals surface area (Å²) < 4.78 is 0. The predicted molar refractivity (Wildman–Crippen MR) is 89.4 cm³/mol. The summed E-state index contributed by atoms with van der Waals surface area (Å²) in [6, 6.07) is 16.7. The van der Waals surface area contributed by atoms with Gasteiger partial charge < -0.3 is 10.2 Å². The maximum absolute atomic E-state index is 4.74. The summed E-state index contributed by atoms with van der Waals surface area (Å²) in [4.78, 5) is 6.91. The lowest BCUT2D eigenvalue weighted by molar-refractivity contribution is 0.421. The summed E-state index contributed by atoms with van der Waals surface area (Å²) in [5.41, 5.74) is 2.47. The fourth-order valence-corrected chi connectivity index (χ4v) is 2.07.